The van der Waals surface area contributed by atoms with E-state index in [2.05, 4.69) is 10.4 Å². The SMILES string of the molecule is CC(C)(C)[C@H](NC(=O)c1nn(-c2cc(Cl)ccc2F)c2c1COCC2)C(=O)N1CCC[C@H]1CO. The number of fused-ring (bicyclic) bond motifs is 1. The van der Waals surface area contributed by atoms with Gasteiger partial charge < -0.3 is 20.1 Å². The molecule has 2 aliphatic heterocycles. The van der Waals surface area contributed by atoms with Crippen molar-refractivity contribution in [1.82, 2.24) is 20.0 Å². The third kappa shape index (κ3) is 4.69. The molecule has 2 aliphatic rings. The molecule has 10 heteroatoms. The second-order valence-electron chi connectivity index (χ2n) is 9.87. The van der Waals surface area contributed by atoms with Crippen molar-refractivity contribution >= 4 is 23.4 Å². The highest BCUT2D eigenvalue weighted by Gasteiger charge is 2.40. The predicted molar refractivity (Wildman–Crippen MR) is 124 cm³/mol. The second kappa shape index (κ2) is 9.64. The minimum atomic E-state index is -0.833. The summed E-state index contributed by atoms with van der Waals surface area (Å²) in [4.78, 5) is 28.5. The van der Waals surface area contributed by atoms with Gasteiger partial charge in [-0.3, -0.25) is 9.59 Å². The lowest BCUT2D eigenvalue weighted by Gasteiger charge is -2.35. The van der Waals surface area contributed by atoms with Gasteiger partial charge in [-0.2, -0.15) is 5.10 Å². The van der Waals surface area contributed by atoms with E-state index in [1.54, 1.807) is 4.90 Å². The van der Waals surface area contributed by atoms with Crippen LogP contribution in [0.25, 0.3) is 5.69 Å². The van der Waals surface area contributed by atoms with Gasteiger partial charge in [0.2, 0.25) is 5.91 Å². The molecule has 0 spiro atoms. The Balaban J connectivity index is 1.68. The molecule has 0 saturated carbocycles. The molecular formula is C24H30ClFN4O4. The van der Waals surface area contributed by atoms with Gasteiger partial charge >= 0.3 is 0 Å². The summed E-state index contributed by atoms with van der Waals surface area (Å²) in [6.45, 7) is 6.63. The normalized spacial score (nSPS) is 19.1. The molecule has 4 rings (SSSR count). The molecule has 2 aromatic rings. The highest BCUT2D eigenvalue weighted by Crippen LogP contribution is 2.29. The van der Waals surface area contributed by atoms with Gasteiger partial charge in [0.15, 0.2) is 5.69 Å². The number of aliphatic hydroxyl groups is 1. The van der Waals surface area contributed by atoms with Gasteiger partial charge in [0.05, 0.1) is 31.6 Å². The average molecular weight is 493 g/mol. The number of carbonyl (C=O) groups excluding carboxylic acids is 2. The first-order valence-corrected chi connectivity index (χ1v) is 11.9. The zero-order chi connectivity index (χ0) is 24.6. The van der Waals surface area contributed by atoms with Crippen LogP contribution in [0.5, 0.6) is 0 Å². The van der Waals surface area contributed by atoms with Crippen molar-refractivity contribution in [3.63, 3.8) is 0 Å². The van der Waals surface area contributed by atoms with E-state index in [1.165, 1.54) is 22.9 Å². The second-order valence-corrected chi connectivity index (χ2v) is 10.3. The summed E-state index contributed by atoms with van der Waals surface area (Å²) in [6, 6.07) is 3.09. The number of rotatable bonds is 5. The van der Waals surface area contributed by atoms with Crippen LogP contribution in [0.3, 0.4) is 0 Å². The molecule has 34 heavy (non-hydrogen) atoms. The Morgan fingerprint density at radius 2 is 2.15 bits per heavy atom. The van der Waals surface area contributed by atoms with E-state index >= 15 is 0 Å². The molecular weight excluding hydrogens is 463 g/mol. The van der Waals surface area contributed by atoms with Crippen molar-refractivity contribution in [3.8, 4) is 5.69 Å². The van der Waals surface area contributed by atoms with Crippen LogP contribution >= 0.6 is 11.6 Å². The zero-order valence-electron chi connectivity index (χ0n) is 19.6. The predicted octanol–water partition coefficient (Wildman–Crippen LogP) is 2.87. The highest BCUT2D eigenvalue weighted by molar-refractivity contribution is 6.30. The molecule has 1 saturated heterocycles. The number of nitrogens with one attached hydrogen (secondary N) is 1. The molecule has 3 heterocycles. The maximum atomic E-state index is 14.6. The van der Waals surface area contributed by atoms with Crippen molar-refractivity contribution in [3.05, 3.63) is 46.0 Å². The third-order valence-corrected chi connectivity index (χ3v) is 6.67. The number of halogens is 2. The first-order chi connectivity index (χ1) is 16.1. The Hall–Kier alpha value is -2.49. The van der Waals surface area contributed by atoms with Crippen molar-refractivity contribution < 1.29 is 23.8 Å². The zero-order valence-corrected chi connectivity index (χ0v) is 20.4. The number of carbonyl (C=O) groups is 2. The fourth-order valence-electron chi connectivity index (χ4n) is 4.60. The molecule has 0 aliphatic carbocycles. The number of amides is 2. The molecule has 0 unspecified atom stereocenters. The van der Waals surface area contributed by atoms with E-state index in [0.29, 0.717) is 35.9 Å². The van der Waals surface area contributed by atoms with E-state index in [0.717, 1.165) is 12.8 Å². The molecule has 0 bridgehead atoms. The minimum Gasteiger partial charge on any atom is -0.394 e. The largest absolute Gasteiger partial charge is 0.394 e. The van der Waals surface area contributed by atoms with E-state index in [-0.39, 0.29) is 36.5 Å². The van der Waals surface area contributed by atoms with E-state index in [4.69, 9.17) is 16.3 Å². The van der Waals surface area contributed by atoms with Crippen molar-refractivity contribution in [1.29, 1.82) is 0 Å². The van der Waals surface area contributed by atoms with Gasteiger partial charge in [-0.25, -0.2) is 9.07 Å². The van der Waals surface area contributed by atoms with E-state index < -0.39 is 23.2 Å². The van der Waals surface area contributed by atoms with E-state index in [9.17, 15) is 19.1 Å². The van der Waals surface area contributed by atoms with Crippen LogP contribution in [0.4, 0.5) is 4.39 Å². The number of ether oxygens (including phenoxy) is 1. The molecule has 1 aromatic carbocycles. The van der Waals surface area contributed by atoms with Crippen molar-refractivity contribution in [2.45, 2.75) is 58.7 Å². The number of aliphatic hydroxyl groups excluding tert-OH is 1. The topological polar surface area (TPSA) is 96.7 Å². The Morgan fingerprint density at radius 3 is 2.85 bits per heavy atom. The fraction of sp³-hybridized carbons (Fsp3) is 0.542. The van der Waals surface area contributed by atoms with Gasteiger partial charge in [0.25, 0.3) is 5.91 Å². The summed E-state index contributed by atoms with van der Waals surface area (Å²) in [5.74, 6) is -1.28. The van der Waals surface area contributed by atoms with Gasteiger partial charge in [-0.05, 0) is 36.5 Å². The Morgan fingerprint density at radius 1 is 1.38 bits per heavy atom. The quantitative estimate of drug-likeness (QED) is 0.669. The molecule has 1 fully saturated rings. The summed E-state index contributed by atoms with van der Waals surface area (Å²) in [6.07, 6.45) is 1.99. The van der Waals surface area contributed by atoms with Crippen LogP contribution in [0.2, 0.25) is 5.02 Å². The summed E-state index contributed by atoms with van der Waals surface area (Å²) >= 11 is 6.09. The van der Waals surface area contributed by atoms with Crippen molar-refractivity contribution in [2.75, 3.05) is 19.8 Å². The number of hydrogen-bond acceptors (Lipinski definition) is 5. The Bertz CT molecular complexity index is 1100. The summed E-state index contributed by atoms with van der Waals surface area (Å²) in [5, 5.41) is 17.3. The molecule has 2 N–H and O–H groups in total. The van der Waals surface area contributed by atoms with Crippen LogP contribution in [0.1, 0.15) is 55.4 Å². The molecule has 0 radical (unpaired) electrons. The first-order valence-electron chi connectivity index (χ1n) is 11.5. The Labute approximate surface area is 203 Å². The monoisotopic (exact) mass is 492 g/mol. The lowest BCUT2D eigenvalue weighted by Crippen LogP contribution is -2.56. The standard InChI is InChI=1S/C24H30ClFN4O4/c1-24(2,3)21(23(33)29-9-4-5-15(29)12-31)27-22(32)20-16-13-34-10-8-18(16)30(28-20)19-11-14(25)6-7-17(19)26/h6-7,11,15,21,31H,4-5,8-10,12-13H2,1-3H3,(H,27,32)/t15-,21+/m0/s1. The molecule has 2 amide bonds. The van der Waals surface area contributed by atoms with Gasteiger partial charge in [-0.1, -0.05) is 32.4 Å². The Kier molecular flexibility index (Phi) is 6.98. The van der Waals surface area contributed by atoms with Crippen LogP contribution in [-0.2, 0) is 22.6 Å². The van der Waals surface area contributed by atoms with Gasteiger partial charge in [0.1, 0.15) is 17.5 Å². The van der Waals surface area contributed by atoms with Crippen molar-refractivity contribution in [2.24, 2.45) is 5.41 Å². The number of nitrogens with zero attached hydrogens (tertiary/aromatic N) is 3. The third-order valence-electron chi connectivity index (χ3n) is 6.43. The minimum absolute atomic E-state index is 0.0938. The lowest BCUT2D eigenvalue weighted by atomic mass is 9.85. The maximum Gasteiger partial charge on any atom is 0.272 e. The maximum absolute atomic E-state index is 14.6. The van der Waals surface area contributed by atoms with Gasteiger partial charge in [-0.15, -0.1) is 0 Å². The fourth-order valence-corrected chi connectivity index (χ4v) is 4.76. The van der Waals surface area contributed by atoms with Crippen LogP contribution in [0.15, 0.2) is 18.2 Å². The smallest absolute Gasteiger partial charge is 0.272 e. The highest BCUT2D eigenvalue weighted by atomic mass is 35.5. The number of benzene rings is 1. The summed E-state index contributed by atoms with van der Waals surface area (Å²) < 4.78 is 21.6. The lowest BCUT2D eigenvalue weighted by molar-refractivity contribution is -0.137. The van der Waals surface area contributed by atoms with Crippen LogP contribution < -0.4 is 5.32 Å². The molecule has 1 aromatic heterocycles. The van der Waals surface area contributed by atoms with E-state index in [1.807, 2.05) is 20.8 Å². The van der Waals surface area contributed by atoms with Crippen LogP contribution in [0, 0.1) is 11.2 Å². The van der Waals surface area contributed by atoms with Crippen LogP contribution in [-0.4, -0.2) is 63.4 Å². The molecule has 8 nitrogen and oxygen atoms in total. The van der Waals surface area contributed by atoms with Gasteiger partial charge in [0, 0.05) is 23.6 Å². The number of hydrogen-bond donors (Lipinski definition) is 2. The number of likely N-dealkylation sites (tertiary alicyclic amines) is 1. The number of aromatic nitrogens is 2. The first kappa shape index (κ1) is 24.6. The summed E-state index contributed by atoms with van der Waals surface area (Å²) in [5.41, 5.74) is 0.897. The summed E-state index contributed by atoms with van der Waals surface area (Å²) in [7, 11) is 0. The average Bonchev–Trinajstić information content (AvgIpc) is 3.42. The molecule has 184 valence electrons. The molecule has 2 atom stereocenters.